The Labute approximate surface area is 90.8 Å². The first kappa shape index (κ1) is 10.6. The van der Waals surface area contributed by atoms with E-state index < -0.39 is 10.0 Å². The first-order valence-electron chi connectivity index (χ1n) is 5.02. The van der Waals surface area contributed by atoms with Crippen molar-refractivity contribution in [2.45, 2.75) is 25.9 Å². The second kappa shape index (κ2) is 3.61. The van der Waals surface area contributed by atoms with Crippen molar-refractivity contribution in [2.75, 3.05) is 6.26 Å². The van der Waals surface area contributed by atoms with Crippen molar-refractivity contribution in [3.05, 3.63) is 35.4 Å². The number of sulfonamides is 1. The summed E-state index contributed by atoms with van der Waals surface area (Å²) in [4.78, 5) is 0. The molecule has 3 nitrogen and oxygen atoms in total. The third-order valence-electron chi connectivity index (χ3n) is 2.88. The lowest BCUT2D eigenvalue weighted by Crippen LogP contribution is -2.41. The van der Waals surface area contributed by atoms with Crippen molar-refractivity contribution in [1.29, 1.82) is 0 Å². The van der Waals surface area contributed by atoms with Crippen LogP contribution in [0.25, 0.3) is 0 Å². The van der Waals surface area contributed by atoms with Crippen molar-refractivity contribution in [1.82, 2.24) is 4.31 Å². The molecular weight excluding hydrogens is 210 g/mol. The quantitative estimate of drug-likeness (QED) is 0.724. The van der Waals surface area contributed by atoms with Gasteiger partial charge >= 0.3 is 0 Å². The first-order chi connectivity index (χ1) is 6.98. The van der Waals surface area contributed by atoms with Crippen LogP contribution in [0.15, 0.2) is 24.3 Å². The number of hydrogen-bond acceptors (Lipinski definition) is 2. The Kier molecular flexibility index (Phi) is 2.56. The molecule has 0 fully saturated rings. The van der Waals surface area contributed by atoms with Crippen LogP contribution in [0.5, 0.6) is 0 Å². The molecule has 0 N–H and O–H groups in total. The zero-order chi connectivity index (χ0) is 11.1. The molecule has 0 radical (unpaired) electrons. The zero-order valence-corrected chi connectivity index (χ0v) is 9.79. The van der Waals surface area contributed by atoms with Gasteiger partial charge in [0, 0.05) is 12.6 Å². The molecule has 2 rings (SSSR count). The fourth-order valence-corrected chi connectivity index (χ4v) is 3.20. The van der Waals surface area contributed by atoms with Gasteiger partial charge in [-0.05, 0) is 24.5 Å². The minimum absolute atomic E-state index is 0.0647. The van der Waals surface area contributed by atoms with E-state index in [4.69, 9.17) is 0 Å². The van der Waals surface area contributed by atoms with Gasteiger partial charge in [-0.1, -0.05) is 24.3 Å². The molecule has 0 saturated carbocycles. The van der Waals surface area contributed by atoms with E-state index in [2.05, 4.69) is 6.07 Å². The zero-order valence-electron chi connectivity index (χ0n) is 8.97. The Bertz CT molecular complexity index is 467. The van der Waals surface area contributed by atoms with Gasteiger partial charge in [-0.25, -0.2) is 8.42 Å². The van der Waals surface area contributed by atoms with Crippen LogP contribution in [-0.4, -0.2) is 25.0 Å². The van der Waals surface area contributed by atoms with E-state index in [1.165, 1.54) is 11.8 Å². The van der Waals surface area contributed by atoms with E-state index in [0.717, 1.165) is 12.0 Å². The molecule has 1 aromatic rings. The predicted molar refractivity (Wildman–Crippen MR) is 60.0 cm³/mol. The maximum Gasteiger partial charge on any atom is 0.211 e. The van der Waals surface area contributed by atoms with Crippen molar-refractivity contribution in [3.63, 3.8) is 0 Å². The molecule has 1 aromatic carbocycles. The highest BCUT2D eigenvalue weighted by atomic mass is 32.2. The van der Waals surface area contributed by atoms with E-state index in [9.17, 15) is 8.42 Å². The fraction of sp³-hybridized carbons (Fsp3) is 0.455. The number of benzene rings is 1. The lowest BCUT2D eigenvalue weighted by atomic mass is 9.97. The van der Waals surface area contributed by atoms with Crippen molar-refractivity contribution >= 4 is 10.0 Å². The van der Waals surface area contributed by atoms with Crippen LogP contribution in [0.1, 0.15) is 18.1 Å². The van der Waals surface area contributed by atoms with Crippen LogP contribution in [0.4, 0.5) is 0 Å². The summed E-state index contributed by atoms with van der Waals surface area (Å²) < 4.78 is 24.6. The molecule has 1 heterocycles. The summed E-state index contributed by atoms with van der Waals surface area (Å²) in [6, 6.07) is 8.09. The average molecular weight is 225 g/mol. The lowest BCUT2D eigenvalue weighted by molar-refractivity contribution is 0.312. The number of rotatable bonds is 1. The van der Waals surface area contributed by atoms with Gasteiger partial charge in [0.05, 0.1) is 6.26 Å². The molecule has 82 valence electrons. The van der Waals surface area contributed by atoms with Crippen LogP contribution < -0.4 is 0 Å². The van der Waals surface area contributed by atoms with E-state index in [1.54, 1.807) is 4.31 Å². The molecular formula is C11H15NO2S. The monoisotopic (exact) mass is 225 g/mol. The molecule has 0 unspecified atom stereocenters. The van der Waals surface area contributed by atoms with E-state index >= 15 is 0 Å². The highest BCUT2D eigenvalue weighted by Crippen LogP contribution is 2.24. The molecule has 0 bridgehead atoms. The molecule has 0 saturated heterocycles. The largest absolute Gasteiger partial charge is 0.212 e. The van der Waals surface area contributed by atoms with Crippen LogP contribution in [0.2, 0.25) is 0 Å². The summed E-state index contributed by atoms with van der Waals surface area (Å²) in [7, 11) is -3.08. The fourth-order valence-electron chi connectivity index (χ4n) is 2.10. The highest BCUT2D eigenvalue weighted by Gasteiger charge is 2.28. The third-order valence-corrected chi connectivity index (χ3v) is 4.22. The van der Waals surface area contributed by atoms with Crippen LogP contribution in [0, 0.1) is 0 Å². The molecule has 0 aliphatic carbocycles. The average Bonchev–Trinajstić information content (AvgIpc) is 2.15. The van der Waals surface area contributed by atoms with E-state index in [-0.39, 0.29) is 6.04 Å². The SMILES string of the molecule is C[C@@H]1Cc2ccccc2CN1S(C)(=O)=O. The number of fused-ring (bicyclic) bond motifs is 1. The van der Waals surface area contributed by atoms with Crippen LogP contribution >= 0.6 is 0 Å². The van der Waals surface area contributed by atoms with Gasteiger partial charge < -0.3 is 0 Å². The summed E-state index contributed by atoms with van der Waals surface area (Å²) in [5.74, 6) is 0. The molecule has 15 heavy (non-hydrogen) atoms. The smallest absolute Gasteiger partial charge is 0.211 e. The van der Waals surface area contributed by atoms with Crippen molar-refractivity contribution < 1.29 is 8.42 Å². The normalized spacial score (nSPS) is 22.4. The summed E-state index contributed by atoms with van der Waals surface area (Å²) in [6.07, 6.45) is 2.08. The Morgan fingerprint density at radius 1 is 1.27 bits per heavy atom. The predicted octanol–water partition coefficient (Wildman–Crippen LogP) is 1.39. The first-order valence-corrected chi connectivity index (χ1v) is 6.87. The number of nitrogens with zero attached hydrogens (tertiary/aromatic N) is 1. The molecule has 1 atom stereocenters. The molecule has 0 spiro atoms. The van der Waals surface area contributed by atoms with Gasteiger partial charge in [0.15, 0.2) is 0 Å². The molecule has 1 aliphatic heterocycles. The topological polar surface area (TPSA) is 37.4 Å². The number of hydrogen-bond donors (Lipinski definition) is 0. The minimum atomic E-state index is -3.08. The van der Waals surface area contributed by atoms with E-state index in [0.29, 0.717) is 6.54 Å². The Balaban J connectivity index is 2.38. The summed E-state index contributed by atoms with van der Waals surface area (Å²) in [6.45, 7) is 2.47. The van der Waals surface area contributed by atoms with Crippen LogP contribution in [-0.2, 0) is 23.0 Å². The summed E-state index contributed by atoms with van der Waals surface area (Å²) >= 11 is 0. The van der Waals surface area contributed by atoms with Crippen molar-refractivity contribution in [2.24, 2.45) is 0 Å². The Hall–Kier alpha value is -0.870. The maximum absolute atomic E-state index is 11.5. The molecule has 0 aromatic heterocycles. The summed E-state index contributed by atoms with van der Waals surface area (Å²) in [5, 5.41) is 0. The van der Waals surface area contributed by atoms with Gasteiger partial charge in [0.2, 0.25) is 10.0 Å². The molecule has 4 heteroatoms. The van der Waals surface area contributed by atoms with Gasteiger partial charge in [-0.15, -0.1) is 0 Å². The second-order valence-corrected chi connectivity index (χ2v) is 6.07. The molecule has 1 aliphatic rings. The second-order valence-electron chi connectivity index (χ2n) is 4.13. The van der Waals surface area contributed by atoms with Gasteiger partial charge in [0.25, 0.3) is 0 Å². The van der Waals surface area contributed by atoms with Gasteiger partial charge in [0.1, 0.15) is 0 Å². The Morgan fingerprint density at radius 2 is 1.87 bits per heavy atom. The highest BCUT2D eigenvalue weighted by molar-refractivity contribution is 7.88. The third kappa shape index (κ3) is 2.06. The molecule has 0 amide bonds. The Morgan fingerprint density at radius 3 is 2.47 bits per heavy atom. The maximum atomic E-state index is 11.5. The van der Waals surface area contributed by atoms with Gasteiger partial charge in [-0.3, -0.25) is 0 Å². The standard InChI is InChI=1S/C11H15NO2S/c1-9-7-10-5-3-4-6-11(10)8-12(9)15(2,13)14/h3-6,9H,7-8H2,1-2H3/t9-/m1/s1. The van der Waals surface area contributed by atoms with E-state index in [1.807, 2.05) is 25.1 Å². The minimum Gasteiger partial charge on any atom is -0.212 e. The van der Waals surface area contributed by atoms with Crippen LogP contribution in [0.3, 0.4) is 0 Å². The lowest BCUT2D eigenvalue weighted by Gasteiger charge is -2.32. The van der Waals surface area contributed by atoms with Crippen molar-refractivity contribution in [3.8, 4) is 0 Å². The van der Waals surface area contributed by atoms with Gasteiger partial charge in [-0.2, -0.15) is 4.31 Å². The summed E-state index contributed by atoms with van der Waals surface area (Å²) in [5.41, 5.74) is 2.39.